The maximum absolute atomic E-state index is 13.0. The van der Waals surface area contributed by atoms with E-state index >= 15 is 0 Å². The first kappa shape index (κ1) is 19.0. The summed E-state index contributed by atoms with van der Waals surface area (Å²) >= 11 is 6.12. The molecule has 0 aliphatic carbocycles. The minimum Gasteiger partial charge on any atom is -0.488 e. The van der Waals surface area contributed by atoms with Crippen LogP contribution < -0.4 is 9.64 Å². The van der Waals surface area contributed by atoms with Crippen LogP contribution in [0, 0.1) is 6.92 Å². The molecule has 0 radical (unpaired) electrons. The third-order valence-electron chi connectivity index (χ3n) is 5.78. The number of aryl methyl sites for hydroxylation is 1. The first-order chi connectivity index (χ1) is 14.6. The summed E-state index contributed by atoms with van der Waals surface area (Å²) in [6.07, 6.45) is 1.81. The van der Waals surface area contributed by atoms with Gasteiger partial charge in [-0.3, -0.25) is 9.48 Å². The molecule has 0 N–H and O–H groups in total. The van der Waals surface area contributed by atoms with Gasteiger partial charge in [0.2, 0.25) is 5.91 Å². The molecule has 6 nitrogen and oxygen atoms in total. The van der Waals surface area contributed by atoms with Gasteiger partial charge in [0.15, 0.2) is 0 Å². The normalized spacial score (nSPS) is 15.4. The quantitative estimate of drug-likeness (QED) is 0.645. The van der Waals surface area contributed by atoms with E-state index in [1.165, 1.54) is 0 Å². The molecule has 2 aromatic carbocycles. The van der Waals surface area contributed by atoms with Crippen molar-refractivity contribution < 1.29 is 9.53 Å². The number of carbonyl (C=O) groups is 1. The summed E-state index contributed by atoms with van der Waals surface area (Å²) in [5.74, 6) is 0.935. The molecule has 0 saturated carbocycles. The van der Waals surface area contributed by atoms with Gasteiger partial charge in [0.05, 0.1) is 11.9 Å². The van der Waals surface area contributed by atoms with E-state index in [2.05, 4.69) is 29.1 Å². The molecule has 3 aromatic rings. The van der Waals surface area contributed by atoms with Crippen LogP contribution in [0.4, 0.5) is 5.69 Å². The van der Waals surface area contributed by atoms with Gasteiger partial charge in [-0.05, 0) is 37.3 Å². The molecule has 3 heterocycles. The molecule has 2 aliphatic rings. The fraction of sp³-hybridized carbons (Fsp3) is 0.304. The number of aromatic nitrogens is 2. The molecule has 1 amide bonds. The first-order valence-electron chi connectivity index (χ1n) is 10.2. The number of fused-ring (bicyclic) bond motifs is 3. The largest absolute Gasteiger partial charge is 0.488 e. The van der Waals surface area contributed by atoms with Gasteiger partial charge >= 0.3 is 0 Å². The van der Waals surface area contributed by atoms with Crippen LogP contribution in [0.25, 0.3) is 11.3 Å². The maximum Gasteiger partial charge on any atom is 0.244 e. The van der Waals surface area contributed by atoms with Crippen molar-refractivity contribution in [3.63, 3.8) is 0 Å². The van der Waals surface area contributed by atoms with Crippen LogP contribution in [0.1, 0.15) is 11.1 Å². The number of amides is 1. The molecule has 0 unspecified atom stereocenters. The van der Waals surface area contributed by atoms with E-state index in [1.807, 2.05) is 46.1 Å². The van der Waals surface area contributed by atoms with Crippen LogP contribution in [0.5, 0.6) is 5.75 Å². The monoisotopic (exact) mass is 422 g/mol. The summed E-state index contributed by atoms with van der Waals surface area (Å²) in [7, 11) is 0. The van der Waals surface area contributed by atoms with Crippen molar-refractivity contribution in [2.24, 2.45) is 0 Å². The van der Waals surface area contributed by atoms with Gasteiger partial charge in [-0.15, -0.1) is 0 Å². The molecular weight excluding hydrogens is 400 g/mol. The lowest BCUT2D eigenvalue weighted by molar-refractivity contribution is -0.132. The molecule has 1 saturated heterocycles. The average Bonchev–Trinajstić information content (AvgIpc) is 3.17. The summed E-state index contributed by atoms with van der Waals surface area (Å²) in [4.78, 5) is 17.2. The van der Waals surface area contributed by atoms with Crippen LogP contribution in [0.3, 0.4) is 0 Å². The second-order valence-electron chi connectivity index (χ2n) is 7.81. The van der Waals surface area contributed by atoms with Crippen LogP contribution in [-0.4, -0.2) is 46.8 Å². The Balaban J connectivity index is 1.29. The Bertz CT molecular complexity index is 1100. The van der Waals surface area contributed by atoms with Crippen molar-refractivity contribution in [3.8, 4) is 17.0 Å². The minimum absolute atomic E-state index is 0.0901. The third-order valence-corrected chi connectivity index (χ3v) is 6.01. The summed E-state index contributed by atoms with van der Waals surface area (Å²) in [5, 5.41) is 5.23. The molecule has 154 valence electrons. The molecule has 7 heteroatoms. The molecule has 1 fully saturated rings. The Kier molecular flexibility index (Phi) is 4.87. The van der Waals surface area contributed by atoms with Gasteiger partial charge in [0, 0.05) is 48.0 Å². The number of nitrogens with zero attached hydrogens (tertiary/aromatic N) is 4. The summed E-state index contributed by atoms with van der Waals surface area (Å²) < 4.78 is 7.66. The van der Waals surface area contributed by atoms with Gasteiger partial charge in [-0.1, -0.05) is 29.3 Å². The van der Waals surface area contributed by atoms with E-state index in [1.54, 1.807) is 0 Å². The number of piperazine rings is 1. The van der Waals surface area contributed by atoms with E-state index < -0.39 is 0 Å². The molecule has 30 heavy (non-hydrogen) atoms. The zero-order valence-electron chi connectivity index (χ0n) is 16.8. The van der Waals surface area contributed by atoms with Crippen molar-refractivity contribution in [1.82, 2.24) is 14.7 Å². The minimum atomic E-state index is 0.0901. The number of ether oxygens (including phenoxy) is 1. The van der Waals surface area contributed by atoms with Gasteiger partial charge in [-0.2, -0.15) is 5.10 Å². The first-order valence-corrected chi connectivity index (χ1v) is 10.5. The lowest BCUT2D eigenvalue weighted by atomic mass is 10.0. The zero-order chi connectivity index (χ0) is 20.7. The summed E-state index contributed by atoms with van der Waals surface area (Å²) in [6.45, 7) is 5.73. The smallest absolute Gasteiger partial charge is 0.244 e. The SMILES string of the molecule is Cc1ccc2c(c1)-c1c(cnn1CC(=O)N1CCN(c3cccc(Cl)c3)CC1)CO2. The molecule has 0 atom stereocenters. The molecule has 5 rings (SSSR count). The number of rotatable bonds is 3. The highest BCUT2D eigenvalue weighted by Crippen LogP contribution is 2.38. The molecular formula is C23H23ClN4O2. The lowest BCUT2D eigenvalue weighted by Gasteiger charge is -2.36. The topological polar surface area (TPSA) is 50.6 Å². The Labute approximate surface area is 180 Å². The Morgan fingerprint density at radius 2 is 1.97 bits per heavy atom. The van der Waals surface area contributed by atoms with E-state index in [4.69, 9.17) is 16.3 Å². The van der Waals surface area contributed by atoms with Crippen LogP contribution in [-0.2, 0) is 17.9 Å². The standard InChI is InChI=1S/C23H23ClN4O2/c1-16-5-6-21-20(11-16)23-17(15-30-21)13-25-28(23)14-22(29)27-9-7-26(8-10-27)19-4-2-3-18(24)12-19/h2-6,11-13H,7-10,14-15H2,1H3. The van der Waals surface area contributed by atoms with Crippen molar-refractivity contribution >= 4 is 23.2 Å². The number of anilines is 1. The highest BCUT2D eigenvalue weighted by Gasteiger charge is 2.26. The highest BCUT2D eigenvalue weighted by atomic mass is 35.5. The third kappa shape index (κ3) is 3.52. The fourth-order valence-corrected chi connectivity index (χ4v) is 4.37. The molecule has 2 aliphatic heterocycles. The van der Waals surface area contributed by atoms with Gasteiger partial charge in [0.1, 0.15) is 18.9 Å². The predicted octanol–water partition coefficient (Wildman–Crippen LogP) is 3.75. The molecule has 1 aromatic heterocycles. The second-order valence-corrected chi connectivity index (χ2v) is 8.25. The van der Waals surface area contributed by atoms with Crippen molar-refractivity contribution in [1.29, 1.82) is 0 Å². The maximum atomic E-state index is 13.0. The van der Waals surface area contributed by atoms with Gasteiger partial charge in [-0.25, -0.2) is 0 Å². The number of hydrogen-bond acceptors (Lipinski definition) is 4. The fourth-order valence-electron chi connectivity index (χ4n) is 4.19. The number of halogens is 1. The molecule has 0 spiro atoms. The van der Waals surface area contributed by atoms with Crippen LogP contribution >= 0.6 is 11.6 Å². The Morgan fingerprint density at radius 3 is 2.77 bits per heavy atom. The number of carbonyl (C=O) groups excluding carboxylic acids is 1. The summed E-state index contributed by atoms with van der Waals surface area (Å²) in [6, 6.07) is 14.0. The van der Waals surface area contributed by atoms with Gasteiger partial charge < -0.3 is 14.5 Å². The zero-order valence-corrected chi connectivity index (χ0v) is 17.6. The van der Waals surface area contributed by atoms with E-state index in [0.717, 1.165) is 51.9 Å². The van der Waals surface area contributed by atoms with Crippen LogP contribution in [0.15, 0.2) is 48.7 Å². The Morgan fingerprint density at radius 1 is 1.13 bits per heavy atom. The molecule has 0 bridgehead atoms. The van der Waals surface area contributed by atoms with E-state index in [-0.39, 0.29) is 12.5 Å². The van der Waals surface area contributed by atoms with Crippen molar-refractivity contribution in [2.75, 3.05) is 31.1 Å². The Hall–Kier alpha value is -2.99. The number of benzene rings is 2. The predicted molar refractivity (Wildman–Crippen MR) is 117 cm³/mol. The van der Waals surface area contributed by atoms with E-state index in [9.17, 15) is 4.79 Å². The second kappa shape index (κ2) is 7.69. The number of hydrogen-bond donors (Lipinski definition) is 0. The average molecular weight is 423 g/mol. The highest BCUT2D eigenvalue weighted by molar-refractivity contribution is 6.30. The lowest BCUT2D eigenvalue weighted by Crippen LogP contribution is -2.49. The van der Waals surface area contributed by atoms with Crippen molar-refractivity contribution in [3.05, 3.63) is 64.8 Å². The van der Waals surface area contributed by atoms with Gasteiger partial charge in [0.25, 0.3) is 0 Å². The van der Waals surface area contributed by atoms with Crippen molar-refractivity contribution in [2.45, 2.75) is 20.1 Å². The van der Waals surface area contributed by atoms with Crippen LogP contribution in [0.2, 0.25) is 5.02 Å². The summed E-state index contributed by atoms with van der Waals surface area (Å²) in [5.41, 5.74) is 5.27. The van der Waals surface area contributed by atoms with E-state index in [0.29, 0.717) is 19.7 Å².